The van der Waals surface area contributed by atoms with Gasteiger partial charge in [-0.25, -0.2) is 15.0 Å². The average molecular weight is 436 g/mol. The summed E-state index contributed by atoms with van der Waals surface area (Å²) in [6, 6.07) is 18.8. The second kappa shape index (κ2) is 8.13. The van der Waals surface area contributed by atoms with E-state index in [4.69, 9.17) is 15.0 Å². The van der Waals surface area contributed by atoms with Crippen molar-refractivity contribution in [2.24, 2.45) is 0 Å². The molecule has 0 fully saturated rings. The van der Waals surface area contributed by atoms with Crippen molar-refractivity contribution in [3.05, 3.63) is 88.9 Å². The van der Waals surface area contributed by atoms with Crippen molar-refractivity contribution in [1.29, 1.82) is 0 Å². The maximum Gasteiger partial charge on any atom is 0.160 e. The molecular formula is C27H23N4O2-. The number of carbonyl (C=O) groups is 1. The number of carboxylic acid groups (broad SMARTS) is 1. The van der Waals surface area contributed by atoms with Crippen LogP contribution in [0.15, 0.2) is 60.7 Å². The quantitative estimate of drug-likeness (QED) is 0.412. The van der Waals surface area contributed by atoms with Crippen molar-refractivity contribution in [3.63, 3.8) is 0 Å². The van der Waals surface area contributed by atoms with E-state index in [9.17, 15) is 9.90 Å². The van der Waals surface area contributed by atoms with E-state index >= 15 is 0 Å². The lowest BCUT2D eigenvalue weighted by atomic mass is 10.0. The van der Waals surface area contributed by atoms with Gasteiger partial charge < -0.3 is 14.5 Å². The lowest BCUT2D eigenvalue weighted by Gasteiger charge is -2.12. The van der Waals surface area contributed by atoms with Crippen LogP contribution in [-0.4, -0.2) is 25.5 Å². The Hall–Kier alpha value is -4.06. The topological polar surface area (TPSA) is 83.7 Å². The minimum atomic E-state index is -1.21. The molecule has 0 unspecified atom stereocenters. The first-order valence-electron chi connectivity index (χ1n) is 11.0. The summed E-state index contributed by atoms with van der Waals surface area (Å²) in [5.41, 5.74) is 7.22. The number of fused-ring (bicyclic) bond motifs is 2. The van der Waals surface area contributed by atoms with Crippen molar-refractivity contribution in [2.75, 3.05) is 0 Å². The van der Waals surface area contributed by atoms with Gasteiger partial charge in [0, 0.05) is 28.6 Å². The molecule has 3 aromatic heterocycles. The van der Waals surface area contributed by atoms with E-state index in [0.717, 1.165) is 51.1 Å². The molecule has 33 heavy (non-hydrogen) atoms. The zero-order valence-corrected chi connectivity index (χ0v) is 18.8. The minimum Gasteiger partial charge on any atom is -0.545 e. The normalized spacial score (nSPS) is 11.4. The van der Waals surface area contributed by atoms with E-state index in [-0.39, 0.29) is 5.56 Å². The van der Waals surface area contributed by atoms with E-state index in [1.54, 1.807) is 18.2 Å². The Morgan fingerprint density at radius 1 is 0.970 bits per heavy atom. The van der Waals surface area contributed by atoms with E-state index in [0.29, 0.717) is 17.8 Å². The standard InChI is InChI=1S/C27H24N4O2/c1-4-24-30-25-16(2)13-17(3)28-26(25)31(24)15-18-9-11-22-19(14-18)10-12-23(29-22)20-7-5-6-8-21(20)27(32)33/h5-14H,4,15H2,1-3H3,(H,32,33)/p-1. The average Bonchev–Trinajstić information content (AvgIpc) is 3.16. The van der Waals surface area contributed by atoms with E-state index < -0.39 is 5.97 Å². The summed E-state index contributed by atoms with van der Waals surface area (Å²) in [5.74, 6) is -0.195. The maximum atomic E-state index is 11.5. The molecule has 0 N–H and O–H groups in total. The third-order valence-electron chi connectivity index (χ3n) is 5.93. The summed E-state index contributed by atoms with van der Waals surface area (Å²) in [4.78, 5) is 25.8. The van der Waals surface area contributed by atoms with Crippen LogP contribution in [0.25, 0.3) is 33.3 Å². The number of hydrogen-bond acceptors (Lipinski definition) is 5. The smallest absolute Gasteiger partial charge is 0.160 e. The fourth-order valence-electron chi connectivity index (χ4n) is 4.37. The van der Waals surface area contributed by atoms with Gasteiger partial charge in [0.2, 0.25) is 0 Å². The molecule has 5 rings (SSSR count). The highest BCUT2D eigenvalue weighted by atomic mass is 16.4. The predicted octanol–water partition coefficient (Wildman–Crippen LogP) is 4.24. The molecular weight excluding hydrogens is 412 g/mol. The van der Waals surface area contributed by atoms with Crippen LogP contribution in [-0.2, 0) is 13.0 Å². The van der Waals surface area contributed by atoms with Gasteiger partial charge in [-0.05, 0) is 49.2 Å². The van der Waals surface area contributed by atoms with Crippen molar-refractivity contribution in [3.8, 4) is 11.3 Å². The Morgan fingerprint density at radius 3 is 2.58 bits per heavy atom. The highest BCUT2D eigenvalue weighted by Crippen LogP contribution is 2.26. The number of carboxylic acids is 1. The first kappa shape index (κ1) is 20.8. The summed E-state index contributed by atoms with van der Waals surface area (Å²) < 4.78 is 2.19. The lowest BCUT2D eigenvalue weighted by molar-refractivity contribution is -0.254. The summed E-state index contributed by atoms with van der Waals surface area (Å²) in [6.45, 7) is 6.86. The zero-order valence-electron chi connectivity index (χ0n) is 18.8. The Morgan fingerprint density at radius 2 is 1.79 bits per heavy atom. The molecule has 2 aromatic carbocycles. The molecule has 0 radical (unpaired) electrons. The number of hydrogen-bond donors (Lipinski definition) is 0. The van der Waals surface area contributed by atoms with Crippen LogP contribution in [0.3, 0.4) is 0 Å². The molecule has 0 saturated heterocycles. The zero-order chi connectivity index (χ0) is 23.1. The summed E-state index contributed by atoms with van der Waals surface area (Å²) in [6.07, 6.45) is 0.825. The van der Waals surface area contributed by atoms with E-state index in [1.807, 2.05) is 25.1 Å². The number of benzene rings is 2. The largest absolute Gasteiger partial charge is 0.545 e. The number of nitrogens with zero attached hydrogens (tertiary/aromatic N) is 4. The third kappa shape index (κ3) is 3.74. The number of imidazole rings is 1. The fourth-order valence-corrected chi connectivity index (χ4v) is 4.37. The van der Waals surface area contributed by atoms with Gasteiger partial charge in [-0.1, -0.05) is 43.3 Å². The Bertz CT molecular complexity index is 1530. The molecule has 0 spiro atoms. The first-order chi connectivity index (χ1) is 15.9. The van der Waals surface area contributed by atoms with Gasteiger partial charge in [0.05, 0.1) is 23.7 Å². The van der Waals surface area contributed by atoms with Gasteiger partial charge in [0.15, 0.2) is 5.65 Å². The third-order valence-corrected chi connectivity index (χ3v) is 5.93. The molecule has 3 heterocycles. The Kier molecular flexibility index (Phi) is 5.13. The first-order valence-corrected chi connectivity index (χ1v) is 11.0. The van der Waals surface area contributed by atoms with Crippen LogP contribution in [0.5, 0.6) is 0 Å². The van der Waals surface area contributed by atoms with Crippen LogP contribution in [0.1, 0.15) is 39.9 Å². The molecule has 6 heteroatoms. The van der Waals surface area contributed by atoms with Gasteiger partial charge >= 0.3 is 0 Å². The molecule has 0 bridgehead atoms. The second-order valence-electron chi connectivity index (χ2n) is 8.28. The van der Waals surface area contributed by atoms with Crippen molar-refractivity contribution < 1.29 is 9.90 Å². The number of aromatic carboxylic acids is 1. The van der Waals surface area contributed by atoms with E-state index in [1.165, 1.54) is 6.07 Å². The molecule has 5 aromatic rings. The Labute approximate surface area is 191 Å². The fraction of sp³-hybridized carbons (Fsp3) is 0.185. The molecule has 6 nitrogen and oxygen atoms in total. The van der Waals surface area contributed by atoms with Crippen LogP contribution >= 0.6 is 0 Å². The molecule has 0 saturated carbocycles. The van der Waals surface area contributed by atoms with Crippen LogP contribution < -0.4 is 5.11 Å². The summed E-state index contributed by atoms with van der Waals surface area (Å²) in [7, 11) is 0. The van der Waals surface area contributed by atoms with Crippen LogP contribution in [0, 0.1) is 13.8 Å². The molecule has 0 atom stereocenters. The van der Waals surface area contributed by atoms with Crippen molar-refractivity contribution >= 4 is 28.0 Å². The van der Waals surface area contributed by atoms with E-state index in [2.05, 4.69) is 36.6 Å². The highest BCUT2D eigenvalue weighted by molar-refractivity contribution is 5.95. The molecule has 0 amide bonds. The lowest BCUT2D eigenvalue weighted by Crippen LogP contribution is -2.23. The van der Waals surface area contributed by atoms with Crippen molar-refractivity contribution in [2.45, 2.75) is 33.7 Å². The van der Waals surface area contributed by atoms with Crippen molar-refractivity contribution in [1.82, 2.24) is 19.5 Å². The van der Waals surface area contributed by atoms with Gasteiger partial charge in [-0.15, -0.1) is 0 Å². The molecule has 0 aliphatic carbocycles. The SMILES string of the molecule is CCc1nc2c(C)cc(C)nc2n1Cc1ccc2nc(-c3ccccc3C(=O)[O-])ccc2c1. The number of rotatable bonds is 5. The number of aromatic nitrogens is 4. The molecule has 0 aliphatic rings. The van der Waals surface area contributed by atoms with Crippen LogP contribution in [0.2, 0.25) is 0 Å². The van der Waals surface area contributed by atoms with Gasteiger partial charge in [0.25, 0.3) is 0 Å². The van der Waals surface area contributed by atoms with Crippen LogP contribution in [0.4, 0.5) is 0 Å². The monoisotopic (exact) mass is 435 g/mol. The van der Waals surface area contributed by atoms with Gasteiger partial charge in [-0.2, -0.15) is 0 Å². The maximum absolute atomic E-state index is 11.5. The number of aryl methyl sites for hydroxylation is 3. The minimum absolute atomic E-state index is 0.137. The summed E-state index contributed by atoms with van der Waals surface area (Å²) >= 11 is 0. The Balaban J connectivity index is 1.54. The predicted molar refractivity (Wildman–Crippen MR) is 127 cm³/mol. The van der Waals surface area contributed by atoms with Gasteiger partial charge in [0.1, 0.15) is 11.3 Å². The molecule has 164 valence electrons. The highest BCUT2D eigenvalue weighted by Gasteiger charge is 2.14. The number of pyridine rings is 2. The second-order valence-corrected chi connectivity index (χ2v) is 8.28. The van der Waals surface area contributed by atoms with Gasteiger partial charge in [-0.3, -0.25) is 0 Å². The molecule has 0 aliphatic heterocycles. The number of carbonyl (C=O) groups excluding carboxylic acids is 1. The summed E-state index contributed by atoms with van der Waals surface area (Å²) in [5, 5.41) is 12.5.